The number of likely N-dealkylation sites (tertiary alicyclic amines) is 1. The van der Waals surface area contributed by atoms with Gasteiger partial charge in [-0.3, -0.25) is 4.79 Å². The van der Waals surface area contributed by atoms with Crippen LogP contribution in [0.25, 0.3) is 0 Å². The second kappa shape index (κ2) is 6.93. The Morgan fingerprint density at radius 3 is 2.81 bits per heavy atom. The monoisotopic (exact) mass is 352 g/mol. The zero-order valence-corrected chi connectivity index (χ0v) is 14.7. The minimum atomic E-state index is -0.363. The van der Waals surface area contributed by atoms with Gasteiger partial charge >= 0.3 is 0 Å². The van der Waals surface area contributed by atoms with Gasteiger partial charge in [0, 0.05) is 17.4 Å². The maximum Gasteiger partial charge on any atom is 0.220 e. The number of halogens is 1. The van der Waals surface area contributed by atoms with Crippen molar-refractivity contribution in [2.75, 3.05) is 20.1 Å². The Kier molecular flexibility index (Phi) is 5.44. The number of rotatable bonds is 4. The fourth-order valence-corrected chi connectivity index (χ4v) is 3.92. The van der Waals surface area contributed by atoms with Crippen LogP contribution in [0.3, 0.4) is 0 Å². The Bertz CT molecular complexity index is 501. The van der Waals surface area contributed by atoms with Gasteiger partial charge in [-0.05, 0) is 57.8 Å². The summed E-state index contributed by atoms with van der Waals surface area (Å²) in [6, 6.07) is 8.06. The van der Waals surface area contributed by atoms with Crippen LogP contribution in [-0.4, -0.2) is 30.9 Å². The van der Waals surface area contributed by atoms with E-state index in [9.17, 15) is 4.79 Å². The Hall–Kier alpha value is -0.870. The van der Waals surface area contributed by atoms with Gasteiger partial charge in [-0.2, -0.15) is 0 Å². The normalized spacial score (nSPS) is 20.3. The van der Waals surface area contributed by atoms with Gasteiger partial charge in [0.1, 0.15) is 0 Å². The number of hydrogen-bond donors (Lipinski definition) is 1. The number of hydrogen-bond acceptors (Lipinski definition) is 2. The van der Waals surface area contributed by atoms with Crippen LogP contribution in [0.5, 0.6) is 0 Å². The minimum Gasteiger partial charge on any atom is -0.347 e. The lowest BCUT2D eigenvalue weighted by Crippen LogP contribution is -2.43. The fourth-order valence-electron chi connectivity index (χ4n) is 3.14. The molecule has 1 aliphatic heterocycles. The molecule has 0 unspecified atom stereocenters. The van der Waals surface area contributed by atoms with Crippen molar-refractivity contribution in [1.29, 1.82) is 0 Å². The molecule has 0 saturated carbocycles. The first-order valence-corrected chi connectivity index (χ1v) is 8.42. The van der Waals surface area contributed by atoms with Crippen LogP contribution in [-0.2, 0) is 10.3 Å². The van der Waals surface area contributed by atoms with Gasteiger partial charge in [-0.15, -0.1) is 0 Å². The van der Waals surface area contributed by atoms with Gasteiger partial charge in [0.15, 0.2) is 0 Å². The molecule has 0 spiro atoms. The maximum atomic E-state index is 12.4. The van der Waals surface area contributed by atoms with Gasteiger partial charge < -0.3 is 10.2 Å². The highest BCUT2D eigenvalue weighted by Gasteiger charge is 2.27. The van der Waals surface area contributed by atoms with E-state index < -0.39 is 0 Å². The van der Waals surface area contributed by atoms with E-state index in [1.807, 2.05) is 18.2 Å². The minimum absolute atomic E-state index is 0.149. The molecule has 116 valence electrons. The van der Waals surface area contributed by atoms with Crippen molar-refractivity contribution in [2.24, 2.45) is 5.92 Å². The first-order chi connectivity index (χ1) is 9.88. The van der Waals surface area contributed by atoms with E-state index in [0.29, 0.717) is 12.3 Å². The summed E-state index contributed by atoms with van der Waals surface area (Å²) in [6.07, 6.45) is 2.98. The van der Waals surface area contributed by atoms with E-state index in [4.69, 9.17) is 0 Å². The molecule has 0 bridgehead atoms. The zero-order valence-electron chi connectivity index (χ0n) is 13.2. The molecule has 21 heavy (non-hydrogen) atoms. The highest BCUT2D eigenvalue weighted by molar-refractivity contribution is 9.10. The number of piperidine rings is 1. The van der Waals surface area contributed by atoms with E-state index in [1.165, 1.54) is 6.42 Å². The summed E-state index contributed by atoms with van der Waals surface area (Å²) in [5.74, 6) is 0.634. The van der Waals surface area contributed by atoms with Crippen LogP contribution in [0.2, 0.25) is 0 Å². The molecule has 3 nitrogen and oxygen atoms in total. The second-order valence-electron chi connectivity index (χ2n) is 6.63. The van der Waals surface area contributed by atoms with Crippen LogP contribution in [0.1, 0.15) is 38.7 Å². The van der Waals surface area contributed by atoms with Crippen LogP contribution >= 0.6 is 15.9 Å². The van der Waals surface area contributed by atoms with Crippen LogP contribution in [0, 0.1) is 5.92 Å². The van der Waals surface area contributed by atoms with Gasteiger partial charge in [-0.1, -0.05) is 34.1 Å². The third kappa shape index (κ3) is 4.55. The average molecular weight is 353 g/mol. The second-order valence-corrected chi connectivity index (χ2v) is 7.48. The van der Waals surface area contributed by atoms with Crippen LogP contribution in [0.15, 0.2) is 28.7 Å². The van der Waals surface area contributed by atoms with Crippen molar-refractivity contribution >= 4 is 21.8 Å². The molecule has 1 N–H and O–H groups in total. The smallest absolute Gasteiger partial charge is 0.220 e. The van der Waals surface area contributed by atoms with E-state index in [-0.39, 0.29) is 11.4 Å². The van der Waals surface area contributed by atoms with Crippen LogP contribution < -0.4 is 5.32 Å². The Balaban J connectivity index is 1.96. The van der Waals surface area contributed by atoms with Crippen molar-refractivity contribution < 1.29 is 4.79 Å². The first kappa shape index (κ1) is 16.5. The Morgan fingerprint density at radius 1 is 1.43 bits per heavy atom. The molecule has 1 saturated heterocycles. The molecular formula is C17H25BrN2O. The largest absolute Gasteiger partial charge is 0.347 e. The number of amides is 1. The van der Waals surface area contributed by atoms with Crippen molar-refractivity contribution in [3.8, 4) is 0 Å². The molecular weight excluding hydrogens is 328 g/mol. The summed E-state index contributed by atoms with van der Waals surface area (Å²) in [5, 5.41) is 3.19. The van der Waals surface area contributed by atoms with Gasteiger partial charge in [-0.25, -0.2) is 0 Å². The molecule has 1 atom stereocenters. The molecule has 1 aromatic carbocycles. The van der Waals surface area contributed by atoms with Gasteiger partial charge in [0.2, 0.25) is 5.91 Å². The summed E-state index contributed by atoms with van der Waals surface area (Å²) >= 11 is 3.57. The molecule has 1 fully saturated rings. The van der Waals surface area contributed by atoms with Crippen LogP contribution in [0.4, 0.5) is 0 Å². The van der Waals surface area contributed by atoms with Crippen molar-refractivity contribution in [2.45, 2.75) is 38.6 Å². The number of carbonyl (C=O) groups is 1. The summed E-state index contributed by atoms with van der Waals surface area (Å²) in [7, 11) is 2.13. The third-order valence-corrected chi connectivity index (χ3v) is 4.89. The lowest BCUT2D eigenvalue weighted by atomic mass is 9.91. The zero-order chi connectivity index (χ0) is 15.5. The molecule has 1 aromatic rings. The maximum absolute atomic E-state index is 12.4. The van der Waals surface area contributed by atoms with Crippen molar-refractivity contribution in [1.82, 2.24) is 10.2 Å². The van der Waals surface area contributed by atoms with E-state index in [1.54, 1.807) is 0 Å². The van der Waals surface area contributed by atoms with E-state index >= 15 is 0 Å². The number of nitrogens with one attached hydrogen (secondary N) is 1. The molecule has 4 heteroatoms. The highest BCUT2D eigenvalue weighted by Crippen LogP contribution is 2.28. The lowest BCUT2D eigenvalue weighted by Gasteiger charge is -2.32. The number of carbonyl (C=O) groups excluding carboxylic acids is 1. The quantitative estimate of drug-likeness (QED) is 0.898. The molecule has 0 aromatic heterocycles. The average Bonchev–Trinajstić information content (AvgIpc) is 2.38. The van der Waals surface area contributed by atoms with Crippen molar-refractivity contribution in [3.63, 3.8) is 0 Å². The Labute approximate surface area is 136 Å². The van der Waals surface area contributed by atoms with E-state index in [2.05, 4.69) is 53.1 Å². The summed E-state index contributed by atoms with van der Waals surface area (Å²) in [6.45, 7) is 6.29. The highest BCUT2D eigenvalue weighted by atomic mass is 79.9. The SMILES string of the molecule is CN1CCC[C@@H](CC(=O)NC(C)(C)c2ccccc2Br)C1. The molecule has 1 aliphatic rings. The predicted octanol–water partition coefficient (Wildman–Crippen LogP) is 3.53. The number of nitrogens with zero attached hydrogens (tertiary/aromatic N) is 1. The summed E-state index contributed by atoms with van der Waals surface area (Å²) in [5.41, 5.74) is 0.747. The van der Waals surface area contributed by atoms with Crippen molar-refractivity contribution in [3.05, 3.63) is 34.3 Å². The van der Waals surface area contributed by atoms with E-state index in [0.717, 1.165) is 29.5 Å². The molecule has 0 aliphatic carbocycles. The standard InChI is InChI=1S/C17H25BrN2O/c1-17(2,14-8-4-5-9-15(14)18)19-16(21)11-13-7-6-10-20(3)12-13/h4-5,8-9,13H,6-7,10-12H2,1-3H3,(H,19,21)/t13-/m0/s1. The molecule has 1 heterocycles. The van der Waals surface area contributed by atoms with Gasteiger partial charge in [0.25, 0.3) is 0 Å². The predicted molar refractivity (Wildman–Crippen MR) is 90.1 cm³/mol. The third-order valence-electron chi connectivity index (χ3n) is 4.20. The Morgan fingerprint density at radius 2 is 2.14 bits per heavy atom. The van der Waals surface area contributed by atoms with Gasteiger partial charge in [0.05, 0.1) is 5.54 Å². The molecule has 0 radical (unpaired) electrons. The topological polar surface area (TPSA) is 32.3 Å². The first-order valence-electron chi connectivity index (χ1n) is 7.63. The number of benzene rings is 1. The summed E-state index contributed by atoms with van der Waals surface area (Å²) < 4.78 is 1.03. The molecule has 1 amide bonds. The fraction of sp³-hybridized carbons (Fsp3) is 0.588. The summed E-state index contributed by atoms with van der Waals surface area (Å²) in [4.78, 5) is 14.7. The molecule has 2 rings (SSSR count). The lowest BCUT2D eigenvalue weighted by molar-refractivity contribution is -0.124.